The molecule has 0 spiro atoms. The maximum Gasteiger partial charge on any atom is 2.00 e. The van der Waals surface area contributed by atoms with Crippen LogP contribution in [0.25, 0.3) is 0 Å². The minimum Gasteiger partial charge on any atom is -0.550 e. The Kier molecular flexibility index (Phi) is 15.2. The molecule has 0 aromatic carbocycles. The number of rotatable bonds is 4. The first-order valence-corrected chi connectivity index (χ1v) is 3.86. The first kappa shape index (κ1) is 20.7. The molecule has 0 aliphatic rings. The van der Waals surface area contributed by atoms with Gasteiger partial charge in [0.1, 0.15) is 0 Å². The number of hydrogen-bond donors (Lipinski definition) is 0. The Balaban J connectivity index is -0.000000218. The molecule has 0 rings (SSSR count). The van der Waals surface area contributed by atoms with Crippen LogP contribution >= 0.6 is 0 Å². The van der Waals surface area contributed by atoms with Gasteiger partial charge in [-0.25, -0.2) is 0 Å². The van der Waals surface area contributed by atoms with Gasteiger partial charge in [0, 0.05) is 0 Å². The third kappa shape index (κ3) is 20.5. The van der Waals surface area contributed by atoms with Crippen molar-refractivity contribution in [2.24, 2.45) is 0 Å². The van der Waals surface area contributed by atoms with E-state index in [-0.39, 0.29) is 16.5 Å². The summed E-state index contributed by atoms with van der Waals surface area (Å²) in [6.45, 7) is 0. The average Bonchev–Trinajstić information content (AvgIpc) is 2.16. The van der Waals surface area contributed by atoms with E-state index < -0.39 is 36.7 Å². The smallest absolute Gasteiger partial charge is 0.550 e. The zero-order valence-corrected chi connectivity index (χ0v) is 9.98. The fourth-order valence-corrected chi connectivity index (χ4v) is 0.380. The van der Waals surface area contributed by atoms with Crippen molar-refractivity contribution < 1.29 is 55.4 Å². The zero-order valence-electron chi connectivity index (χ0n) is 9.00. The second-order valence-corrected chi connectivity index (χ2v) is 2.25. The predicted octanol–water partition coefficient (Wildman–Crippen LogP) is -3.40. The third-order valence-electron chi connectivity index (χ3n) is 1.03. The van der Waals surface area contributed by atoms with Gasteiger partial charge in [-0.1, -0.05) is 0 Å². The van der Waals surface area contributed by atoms with E-state index in [0.29, 0.717) is 0 Å². The molecule has 0 fully saturated rings. The van der Waals surface area contributed by atoms with Crippen LogP contribution in [0.4, 0.5) is 0 Å². The van der Waals surface area contributed by atoms with E-state index in [0.717, 1.165) is 14.2 Å². The number of carboxylic acid groups (broad SMARTS) is 2. The normalized spacial score (nSPS) is 7.65. The molecule has 0 amide bonds. The predicted molar refractivity (Wildman–Crippen MR) is 43.3 cm³/mol. The fraction of sp³-hybridized carbons (Fsp3) is 0.500. The third-order valence-corrected chi connectivity index (χ3v) is 1.03. The van der Waals surface area contributed by atoms with Crippen LogP contribution in [0.5, 0.6) is 0 Å². The molecule has 0 unspecified atom stereocenters. The number of ether oxygens (including phenoxy) is 2. The van der Waals surface area contributed by atoms with Gasteiger partial charge in [-0.15, -0.1) is 0 Å². The molecule has 8 nitrogen and oxygen atoms in total. The molecule has 0 N–H and O–H groups in total. The molecule has 0 aromatic rings. The minimum absolute atomic E-state index is 0. The Hall–Kier alpha value is -1.63. The van der Waals surface area contributed by atoms with E-state index >= 15 is 0 Å². The Bertz CT molecular complexity index is 247. The van der Waals surface area contributed by atoms with Crippen LogP contribution in [0.3, 0.4) is 0 Å². The Morgan fingerprint density at radius 1 is 0.824 bits per heavy atom. The molecule has 0 bridgehead atoms. The van der Waals surface area contributed by atoms with Crippen molar-refractivity contribution >= 4 is 23.9 Å². The standard InChI is InChI=1S/2C4H6O4.Ni/c2*1-8-4(7)2-3(5)6;/h2*2H2,1H3,(H,5,6);/q;;+2/p-2. The molecule has 0 atom stereocenters. The molecule has 0 radical (unpaired) electrons. The Morgan fingerprint density at radius 3 is 1.12 bits per heavy atom. The van der Waals surface area contributed by atoms with Crippen LogP contribution in [0, 0.1) is 0 Å². The molecule has 100 valence electrons. The van der Waals surface area contributed by atoms with Crippen molar-refractivity contribution in [1.29, 1.82) is 0 Å². The van der Waals surface area contributed by atoms with Crippen molar-refractivity contribution in [2.75, 3.05) is 14.2 Å². The van der Waals surface area contributed by atoms with Crippen LogP contribution in [0.1, 0.15) is 12.8 Å². The summed E-state index contributed by atoms with van der Waals surface area (Å²) in [5, 5.41) is 19.1. The molecule has 0 saturated carbocycles. The molecule has 17 heavy (non-hydrogen) atoms. The zero-order chi connectivity index (χ0) is 13.1. The summed E-state index contributed by atoms with van der Waals surface area (Å²) >= 11 is 0. The molecule has 0 heterocycles. The van der Waals surface area contributed by atoms with E-state index in [4.69, 9.17) is 0 Å². The van der Waals surface area contributed by atoms with Crippen LogP contribution in [-0.4, -0.2) is 38.1 Å². The van der Waals surface area contributed by atoms with Crippen LogP contribution in [0.2, 0.25) is 0 Å². The number of carbonyl (C=O) groups excluding carboxylic acids is 4. The maximum absolute atomic E-state index is 9.98. The van der Waals surface area contributed by atoms with Gasteiger partial charge in [-0.3, -0.25) is 9.59 Å². The molecule has 0 aliphatic carbocycles. The SMILES string of the molecule is COC(=O)CC(=O)[O-].COC(=O)CC(=O)[O-].[Ni+2]. The average molecular weight is 293 g/mol. The summed E-state index contributed by atoms with van der Waals surface area (Å²) in [5.74, 6) is -4.41. The van der Waals surface area contributed by atoms with Gasteiger partial charge in [-0.2, -0.15) is 0 Å². The second kappa shape index (κ2) is 12.4. The number of esters is 2. The number of aliphatic carboxylic acids is 2. The summed E-state index contributed by atoms with van der Waals surface area (Å²) in [5.41, 5.74) is 0. The summed E-state index contributed by atoms with van der Waals surface area (Å²) < 4.78 is 8.00. The number of carbonyl (C=O) groups is 4. The van der Waals surface area contributed by atoms with Gasteiger partial charge >= 0.3 is 28.4 Å². The Morgan fingerprint density at radius 2 is 1.06 bits per heavy atom. The van der Waals surface area contributed by atoms with E-state index in [9.17, 15) is 29.4 Å². The van der Waals surface area contributed by atoms with E-state index in [1.165, 1.54) is 0 Å². The quantitative estimate of drug-likeness (QED) is 0.297. The van der Waals surface area contributed by atoms with E-state index in [1.54, 1.807) is 0 Å². The van der Waals surface area contributed by atoms with Crippen molar-refractivity contribution in [3.05, 3.63) is 0 Å². The van der Waals surface area contributed by atoms with E-state index in [2.05, 4.69) is 9.47 Å². The van der Waals surface area contributed by atoms with Crippen molar-refractivity contribution in [3.8, 4) is 0 Å². The van der Waals surface area contributed by atoms with Crippen molar-refractivity contribution in [2.45, 2.75) is 12.8 Å². The van der Waals surface area contributed by atoms with Crippen molar-refractivity contribution in [3.63, 3.8) is 0 Å². The summed E-state index contributed by atoms with van der Waals surface area (Å²) in [6.07, 6.45) is -1.34. The molecular weight excluding hydrogens is 283 g/mol. The number of carboxylic acids is 2. The molecule has 0 aliphatic heterocycles. The maximum atomic E-state index is 9.98. The first-order valence-electron chi connectivity index (χ1n) is 3.86. The van der Waals surface area contributed by atoms with Crippen LogP contribution in [-0.2, 0) is 45.1 Å². The number of methoxy groups -OCH3 is 2. The van der Waals surface area contributed by atoms with Gasteiger partial charge in [-0.05, 0) is 0 Å². The first-order chi connectivity index (χ1) is 7.33. The summed E-state index contributed by atoms with van der Waals surface area (Å²) in [7, 11) is 2.23. The van der Waals surface area contributed by atoms with Gasteiger partial charge < -0.3 is 29.3 Å². The monoisotopic (exact) mass is 292 g/mol. The van der Waals surface area contributed by atoms with Gasteiger partial charge in [0.15, 0.2) is 0 Å². The molecular formula is C8H10NiO8. The molecule has 9 heteroatoms. The van der Waals surface area contributed by atoms with Crippen LogP contribution < -0.4 is 10.2 Å². The fourth-order valence-electron chi connectivity index (χ4n) is 0.380. The van der Waals surface area contributed by atoms with Gasteiger partial charge in [0.05, 0.1) is 39.0 Å². The van der Waals surface area contributed by atoms with Gasteiger partial charge in [0.2, 0.25) is 0 Å². The van der Waals surface area contributed by atoms with Crippen molar-refractivity contribution in [1.82, 2.24) is 0 Å². The summed E-state index contributed by atoms with van der Waals surface area (Å²) in [6, 6.07) is 0. The second-order valence-electron chi connectivity index (χ2n) is 2.25. The van der Waals surface area contributed by atoms with Gasteiger partial charge in [0.25, 0.3) is 0 Å². The number of hydrogen-bond acceptors (Lipinski definition) is 8. The topological polar surface area (TPSA) is 133 Å². The van der Waals surface area contributed by atoms with E-state index in [1.807, 2.05) is 0 Å². The minimum atomic E-state index is -1.42. The summed E-state index contributed by atoms with van der Waals surface area (Å²) in [4.78, 5) is 39.1. The molecule has 0 aromatic heterocycles. The van der Waals surface area contributed by atoms with Crippen LogP contribution in [0.15, 0.2) is 0 Å². The Labute approximate surface area is 107 Å². The largest absolute Gasteiger partial charge is 2.00 e. The molecule has 0 saturated heterocycles.